The second kappa shape index (κ2) is 3.74. The van der Waals surface area contributed by atoms with Gasteiger partial charge in [0.05, 0.1) is 0 Å². The molecule has 0 unspecified atom stereocenters. The third-order valence-corrected chi connectivity index (χ3v) is 1.95. The summed E-state index contributed by atoms with van der Waals surface area (Å²) < 4.78 is 25.2. The number of hydrogen-bond donors (Lipinski definition) is 2. The third kappa shape index (κ3) is 1.89. The summed E-state index contributed by atoms with van der Waals surface area (Å²) in [6.45, 7) is 3.15. The molecule has 4 heteroatoms. The van der Waals surface area contributed by atoms with Gasteiger partial charge < -0.3 is 11.1 Å². The van der Waals surface area contributed by atoms with Crippen LogP contribution in [0.15, 0.2) is 12.1 Å². The second-order valence-electron chi connectivity index (χ2n) is 3.24. The van der Waals surface area contributed by atoms with Crippen LogP contribution in [0.25, 0.3) is 0 Å². The van der Waals surface area contributed by atoms with Gasteiger partial charge in [0, 0.05) is 22.5 Å². The van der Waals surface area contributed by atoms with Gasteiger partial charge in [0.15, 0.2) is 0 Å². The van der Waals surface area contributed by atoms with E-state index >= 15 is 0 Å². The molecule has 1 aromatic rings. The largest absolute Gasteiger partial charge is 0.398 e. The van der Waals surface area contributed by atoms with Crippen molar-refractivity contribution >= 4 is 11.4 Å². The molecule has 0 spiro atoms. The van der Waals surface area contributed by atoms with Gasteiger partial charge in [-0.05, 0) is 31.5 Å². The molecule has 14 heavy (non-hydrogen) atoms. The second-order valence-corrected chi connectivity index (χ2v) is 3.24. The highest BCUT2D eigenvalue weighted by Crippen LogP contribution is 2.28. The van der Waals surface area contributed by atoms with Crippen LogP contribution in [0, 0.1) is 12.3 Å². The molecule has 0 amide bonds. The van der Waals surface area contributed by atoms with Crippen LogP contribution in [0.3, 0.4) is 0 Å². The summed E-state index contributed by atoms with van der Waals surface area (Å²) in [5, 5.41) is 7.37. The van der Waals surface area contributed by atoms with Gasteiger partial charge in [0.1, 0.15) is 0 Å². The quantitative estimate of drug-likeness (QED) is 0.557. The van der Waals surface area contributed by atoms with Crippen molar-refractivity contribution in [1.29, 1.82) is 5.41 Å². The van der Waals surface area contributed by atoms with E-state index in [9.17, 15) is 8.78 Å². The Labute approximate surface area is 81.2 Å². The molecule has 0 saturated carbocycles. The summed E-state index contributed by atoms with van der Waals surface area (Å²) in [7, 11) is 0. The maximum Gasteiger partial charge on any atom is 0.264 e. The van der Waals surface area contributed by atoms with Crippen molar-refractivity contribution in [2.24, 2.45) is 0 Å². The smallest absolute Gasteiger partial charge is 0.264 e. The SMILES string of the molecule is CC(=N)c1c(N)cc(C)cc1C(F)F. The molecular weight excluding hydrogens is 186 g/mol. The van der Waals surface area contributed by atoms with Crippen LogP contribution in [0.1, 0.15) is 30.0 Å². The van der Waals surface area contributed by atoms with Gasteiger partial charge in [-0.2, -0.15) is 0 Å². The topological polar surface area (TPSA) is 49.9 Å². The molecule has 1 aromatic carbocycles. The Morgan fingerprint density at radius 2 is 2.00 bits per heavy atom. The lowest BCUT2D eigenvalue weighted by Crippen LogP contribution is -2.06. The van der Waals surface area contributed by atoms with Crippen LogP contribution < -0.4 is 5.73 Å². The van der Waals surface area contributed by atoms with Gasteiger partial charge >= 0.3 is 0 Å². The molecule has 0 saturated heterocycles. The van der Waals surface area contributed by atoms with Gasteiger partial charge in [-0.25, -0.2) is 8.78 Å². The Balaban J connectivity index is 3.44. The molecule has 0 aliphatic rings. The molecule has 0 heterocycles. The summed E-state index contributed by atoms with van der Waals surface area (Å²) in [5.41, 5.74) is 6.58. The van der Waals surface area contributed by atoms with Gasteiger partial charge in [-0.1, -0.05) is 0 Å². The Kier molecular flexibility index (Phi) is 2.84. The highest BCUT2D eigenvalue weighted by atomic mass is 19.3. The first-order chi connectivity index (χ1) is 6.43. The number of alkyl halides is 2. The number of hydrogen-bond acceptors (Lipinski definition) is 2. The maximum atomic E-state index is 12.6. The van der Waals surface area contributed by atoms with Crippen molar-refractivity contribution in [3.63, 3.8) is 0 Å². The van der Waals surface area contributed by atoms with Gasteiger partial charge in [0.2, 0.25) is 0 Å². The molecule has 0 atom stereocenters. The first kappa shape index (κ1) is 10.6. The van der Waals surface area contributed by atoms with E-state index in [-0.39, 0.29) is 22.5 Å². The standard InChI is InChI=1S/C10H12F2N2/c1-5-3-7(10(11)12)9(6(2)13)8(14)4-5/h3-4,10,13H,14H2,1-2H3. The number of nitrogens with two attached hydrogens (primary N) is 1. The monoisotopic (exact) mass is 198 g/mol. The number of aryl methyl sites for hydroxylation is 1. The van der Waals surface area contributed by atoms with Crippen LogP contribution in [0.2, 0.25) is 0 Å². The van der Waals surface area contributed by atoms with Crippen molar-refractivity contribution in [2.45, 2.75) is 20.3 Å². The zero-order valence-corrected chi connectivity index (χ0v) is 8.07. The van der Waals surface area contributed by atoms with Crippen molar-refractivity contribution in [3.05, 3.63) is 28.8 Å². The van der Waals surface area contributed by atoms with Gasteiger partial charge in [-0.15, -0.1) is 0 Å². The van der Waals surface area contributed by atoms with Crippen molar-refractivity contribution < 1.29 is 8.78 Å². The minimum atomic E-state index is -2.59. The van der Waals surface area contributed by atoms with E-state index in [2.05, 4.69) is 0 Å². The predicted molar refractivity (Wildman–Crippen MR) is 53.1 cm³/mol. The molecule has 76 valence electrons. The number of nitrogens with one attached hydrogen (secondary N) is 1. The Morgan fingerprint density at radius 1 is 1.43 bits per heavy atom. The lowest BCUT2D eigenvalue weighted by atomic mass is 9.99. The Hall–Kier alpha value is -1.45. The summed E-state index contributed by atoms with van der Waals surface area (Å²) in [4.78, 5) is 0. The van der Waals surface area contributed by atoms with Crippen molar-refractivity contribution in [1.82, 2.24) is 0 Å². The zero-order chi connectivity index (χ0) is 10.9. The fourth-order valence-corrected chi connectivity index (χ4v) is 1.45. The average molecular weight is 198 g/mol. The van der Waals surface area contributed by atoms with E-state index in [0.29, 0.717) is 5.56 Å². The number of anilines is 1. The molecule has 1 rings (SSSR count). The molecule has 0 fully saturated rings. The summed E-state index contributed by atoms with van der Waals surface area (Å²) in [5.74, 6) is 0. The fourth-order valence-electron chi connectivity index (χ4n) is 1.45. The molecule has 0 bridgehead atoms. The fraction of sp³-hybridized carbons (Fsp3) is 0.300. The minimum absolute atomic E-state index is 0.0674. The molecular formula is C10H12F2N2. The van der Waals surface area contributed by atoms with Gasteiger partial charge in [0.25, 0.3) is 6.43 Å². The normalized spacial score (nSPS) is 10.6. The lowest BCUT2D eigenvalue weighted by molar-refractivity contribution is 0.151. The first-order valence-corrected chi connectivity index (χ1v) is 4.17. The highest BCUT2D eigenvalue weighted by Gasteiger charge is 2.17. The number of halogens is 2. The Bertz CT molecular complexity index is 373. The van der Waals surface area contributed by atoms with Crippen molar-refractivity contribution in [2.75, 3.05) is 5.73 Å². The summed E-state index contributed by atoms with van der Waals surface area (Å²) in [6.07, 6.45) is -2.59. The lowest BCUT2D eigenvalue weighted by Gasteiger charge is -2.11. The van der Waals surface area contributed by atoms with E-state index in [1.54, 1.807) is 13.0 Å². The van der Waals surface area contributed by atoms with E-state index < -0.39 is 6.43 Å². The summed E-state index contributed by atoms with van der Waals surface area (Å²) in [6, 6.07) is 2.97. The van der Waals surface area contributed by atoms with Crippen LogP contribution in [-0.2, 0) is 0 Å². The molecule has 3 N–H and O–H groups in total. The molecule has 0 aliphatic heterocycles. The van der Waals surface area contributed by atoms with Crippen molar-refractivity contribution in [3.8, 4) is 0 Å². The molecule has 0 aromatic heterocycles. The number of benzene rings is 1. The molecule has 0 aliphatic carbocycles. The Morgan fingerprint density at radius 3 is 2.43 bits per heavy atom. The number of nitrogen functional groups attached to an aromatic ring is 1. The molecule has 2 nitrogen and oxygen atoms in total. The number of rotatable bonds is 2. The van der Waals surface area contributed by atoms with Crippen LogP contribution >= 0.6 is 0 Å². The van der Waals surface area contributed by atoms with E-state index in [1.807, 2.05) is 0 Å². The first-order valence-electron chi connectivity index (χ1n) is 4.17. The van der Waals surface area contributed by atoms with Gasteiger partial charge in [-0.3, -0.25) is 0 Å². The van der Waals surface area contributed by atoms with E-state index in [0.717, 1.165) is 0 Å². The average Bonchev–Trinajstić information content (AvgIpc) is 2.01. The summed E-state index contributed by atoms with van der Waals surface area (Å²) >= 11 is 0. The highest BCUT2D eigenvalue weighted by molar-refractivity contribution is 6.02. The predicted octanol–water partition coefficient (Wildman–Crippen LogP) is 2.90. The van der Waals surface area contributed by atoms with E-state index in [1.165, 1.54) is 13.0 Å². The van der Waals surface area contributed by atoms with Crippen LogP contribution in [0.4, 0.5) is 14.5 Å². The van der Waals surface area contributed by atoms with Crippen LogP contribution in [0.5, 0.6) is 0 Å². The minimum Gasteiger partial charge on any atom is -0.398 e. The zero-order valence-electron chi connectivity index (χ0n) is 8.07. The third-order valence-electron chi connectivity index (χ3n) is 1.95. The molecule has 0 radical (unpaired) electrons. The van der Waals surface area contributed by atoms with E-state index in [4.69, 9.17) is 11.1 Å². The van der Waals surface area contributed by atoms with Crippen LogP contribution in [-0.4, -0.2) is 5.71 Å². The maximum absolute atomic E-state index is 12.6.